The fourth-order valence-electron chi connectivity index (χ4n) is 0.934. The highest BCUT2D eigenvalue weighted by Gasteiger charge is 2.09. The lowest BCUT2D eigenvalue weighted by Gasteiger charge is -2.10. The number of aliphatic hydroxyl groups is 1. The van der Waals surface area contributed by atoms with Crippen LogP contribution in [-0.2, 0) is 4.84 Å². The molecular weight excluding hydrogens is 161 g/mol. The molecule has 3 nitrogen and oxygen atoms in total. The van der Waals surface area contributed by atoms with Crippen molar-refractivity contribution in [2.24, 2.45) is 5.90 Å². The Labute approximate surface area is 69.5 Å². The first-order chi connectivity index (χ1) is 5.77. The zero-order chi connectivity index (χ0) is 8.97. The molecule has 0 saturated carbocycles. The zero-order valence-electron chi connectivity index (χ0n) is 6.40. The molecule has 0 bridgehead atoms. The van der Waals surface area contributed by atoms with Gasteiger partial charge in [0.2, 0.25) is 0 Å². The molecule has 4 heteroatoms. The standard InChI is InChI=1S/C8H10FNO2/c9-7-3-1-2-6(4-7)8(5-11)12-10/h1-4,8,11H,5,10H2. The molecule has 66 valence electrons. The van der Waals surface area contributed by atoms with Gasteiger partial charge in [0.15, 0.2) is 0 Å². The average molecular weight is 171 g/mol. The summed E-state index contributed by atoms with van der Waals surface area (Å²) in [5.41, 5.74) is 0.528. The quantitative estimate of drug-likeness (QED) is 0.660. The van der Waals surface area contributed by atoms with Gasteiger partial charge < -0.3 is 5.11 Å². The molecule has 0 heterocycles. The van der Waals surface area contributed by atoms with Crippen molar-refractivity contribution in [2.75, 3.05) is 6.61 Å². The third-order valence-electron chi connectivity index (χ3n) is 1.55. The predicted molar refractivity (Wildman–Crippen MR) is 41.5 cm³/mol. The molecule has 0 radical (unpaired) electrons. The van der Waals surface area contributed by atoms with E-state index in [-0.39, 0.29) is 12.4 Å². The van der Waals surface area contributed by atoms with Crippen molar-refractivity contribution in [2.45, 2.75) is 6.10 Å². The highest BCUT2D eigenvalue weighted by atomic mass is 19.1. The third-order valence-corrected chi connectivity index (χ3v) is 1.55. The molecule has 0 saturated heterocycles. The lowest BCUT2D eigenvalue weighted by atomic mass is 10.1. The normalized spacial score (nSPS) is 12.9. The van der Waals surface area contributed by atoms with Gasteiger partial charge in [-0.3, -0.25) is 4.84 Å². The summed E-state index contributed by atoms with van der Waals surface area (Å²) in [5.74, 6) is 4.51. The highest BCUT2D eigenvalue weighted by molar-refractivity contribution is 5.18. The second-order valence-electron chi connectivity index (χ2n) is 2.36. The molecule has 3 N–H and O–H groups in total. The van der Waals surface area contributed by atoms with Crippen LogP contribution in [0.5, 0.6) is 0 Å². The van der Waals surface area contributed by atoms with Gasteiger partial charge in [-0.15, -0.1) is 0 Å². The summed E-state index contributed by atoms with van der Waals surface area (Å²) in [4.78, 5) is 4.42. The Hall–Kier alpha value is -0.970. The summed E-state index contributed by atoms with van der Waals surface area (Å²) in [6.45, 7) is -0.264. The van der Waals surface area contributed by atoms with Gasteiger partial charge in [0.05, 0.1) is 6.61 Å². The number of benzene rings is 1. The summed E-state index contributed by atoms with van der Waals surface area (Å²) >= 11 is 0. The van der Waals surface area contributed by atoms with E-state index >= 15 is 0 Å². The first-order valence-corrected chi connectivity index (χ1v) is 3.49. The summed E-state index contributed by atoms with van der Waals surface area (Å²) in [6, 6.07) is 5.76. The highest BCUT2D eigenvalue weighted by Crippen LogP contribution is 2.15. The zero-order valence-corrected chi connectivity index (χ0v) is 6.40. The number of aliphatic hydroxyl groups excluding tert-OH is 1. The molecule has 0 spiro atoms. The Morgan fingerprint density at radius 3 is 2.83 bits per heavy atom. The van der Waals surface area contributed by atoms with E-state index in [0.717, 1.165) is 0 Å². The Balaban J connectivity index is 2.85. The first-order valence-electron chi connectivity index (χ1n) is 3.49. The van der Waals surface area contributed by atoms with Crippen molar-refractivity contribution < 1.29 is 14.3 Å². The van der Waals surface area contributed by atoms with E-state index in [1.54, 1.807) is 6.07 Å². The molecule has 0 aliphatic rings. The van der Waals surface area contributed by atoms with Crippen LogP contribution >= 0.6 is 0 Å². The van der Waals surface area contributed by atoms with Gasteiger partial charge in [0, 0.05) is 0 Å². The number of nitrogens with two attached hydrogens (primary N) is 1. The van der Waals surface area contributed by atoms with Gasteiger partial charge >= 0.3 is 0 Å². The Bertz CT molecular complexity index is 251. The molecule has 0 aliphatic heterocycles. The van der Waals surface area contributed by atoms with Crippen LogP contribution in [0, 0.1) is 5.82 Å². The van der Waals surface area contributed by atoms with Gasteiger partial charge in [0.1, 0.15) is 11.9 Å². The van der Waals surface area contributed by atoms with Crippen molar-refractivity contribution >= 4 is 0 Å². The van der Waals surface area contributed by atoms with Crippen molar-refractivity contribution in [3.8, 4) is 0 Å². The maximum absolute atomic E-state index is 12.6. The van der Waals surface area contributed by atoms with Crippen LogP contribution in [0.15, 0.2) is 24.3 Å². The molecule has 1 unspecified atom stereocenters. The number of hydrogen-bond acceptors (Lipinski definition) is 3. The summed E-state index contributed by atoms with van der Waals surface area (Å²) < 4.78 is 12.6. The summed E-state index contributed by atoms with van der Waals surface area (Å²) in [5, 5.41) is 8.74. The number of hydrogen-bond donors (Lipinski definition) is 2. The van der Waals surface area contributed by atoms with E-state index in [0.29, 0.717) is 5.56 Å². The average Bonchev–Trinajstić information content (AvgIpc) is 2.07. The molecule has 1 rings (SSSR count). The maximum atomic E-state index is 12.6. The monoisotopic (exact) mass is 171 g/mol. The van der Waals surface area contributed by atoms with Crippen LogP contribution < -0.4 is 5.90 Å². The third kappa shape index (κ3) is 2.01. The Kier molecular flexibility index (Phi) is 3.16. The molecule has 1 aromatic carbocycles. The fraction of sp³-hybridized carbons (Fsp3) is 0.250. The smallest absolute Gasteiger partial charge is 0.127 e. The molecular formula is C8H10FNO2. The summed E-state index contributed by atoms with van der Waals surface area (Å²) in [7, 11) is 0. The van der Waals surface area contributed by atoms with E-state index < -0.39 is 6.10 Å². The molecule has 1 aromatic rings. The molecule has 1 atom stereocenters. The Morgan fingerprint density at radius 1 is 1.58 bits per heavy atom. The van der Waals surface area contributed by atoms with Crippen molar-refractivity contribution in [3.05, 3.63) is 35.6 Å². The van der Waals surface area contributed by atoms with E-state index in [1.165, 1.54) is 18.2 Å². The largest absolute Gasteiger partial charge is 0.393 e. The van der Waals surface area contributed by atoms with Crippen molar-refractivity contribution in [1.82, 2.24) is 0 Å². The molecule has 12 heavy (non-hydrogen) atoms. The Morgan fingerprint density at radius 2 is 2.33 bits per heavy atom. The van der Waals surface area contributed by atoms with Crippen LogP contribution in [0.2, 0.25) is 0 Å². The molecule has 0 amide bonds. The minimum absolute atomic E-state index is 0.264. The van der Waals surface area contributed by atoms with Crippen LogP contribution in [0.4, 0.5) is 4.39 Å². The minimum atomic E-state index is -0.652. The second kappa shape index (κ2) is 4.15. The predicted octanol–water partition coefficient (Wildman–Crippen LogP) is 0.749. The van der Waals surface area contributed by atoms with E-state index in [9.17, 15) is 4.39 Å². The van der Waals surface area contributed by atoms with Gasteiger partial charge in [-0.2, -0.15) is 0 Å². The van der Waals surface area contributed by atoms with E-state index in [2.05, 4.69) is 4.84 Å². The topological polar surface area (TPSA) is 55.5 Å². The molecule has 0 aromatic heterocycles. The van der Waals surface area contributed by atoms with Crippen LogP contribution in [-0.4, -0.2) is 11.7 Å². The lowest BCUT2D eigenvalue weighted by Crippen LogP contribution is -2.13. The van der Waals surface area contributed by atoms with E-state index in [4.69, 9.17) is 11.0 Å². The van der Waals surface area contributed by atoms with Gasteiger partial charge in [-0.25, -0.2) is 10.3 Å². The van der Waals surface area contributed by atoms with E-state index in [1.807, 2.05) is 0 Å². The van der Waals surface area contributed by atoms with Gasteiger partial charge in [-0.05, 0) is 17.7 Å². The van der Waals surface area contributed by atoms with Gasteiger partial charge in [-0.1, -0.05) is 12.1 Å². The van der Waals surface area contributed by atoms with Crippen LogP contribution in [0.3, 0.4) is 0 Å². The number of rotatable bonds is 3. The maximum Gasteiger partial charge on any atom is 0.127 e. The lowest BCUT2D eigenvalue weighted by molar-refractivity contribution is 0.0107. The molecule has 0 aliphatic carbocycles. The molecule has 0 fully saturated rings. The van der Waals surface area contributed by atoms with Crippen LogP contribution in [0.25, 0.3) is 0 Å². The van der Waals surface area contributed by atoms with Gasteiger partial charge in [0.25, 0.3) is 0 Å². The minimum Gasteiger partial charge on any atom is -0.393 e. The second-order valence-corrected chi connectivity index (χ2v) is 2.36. The summed E-state index contributed by atoms with van der Waals surface area (Å²) in [6.07, 6.45) is -0.652. The fourth-order valence-corrected chi connectivity index (χ4v) is 0.934. The first kappa shape index (κ1) is 9.12. The van der Waals surface area contributed by atoms with Crippen molar-refractivity contribution in [3.63, 3.8) is 0 Å². The SMILES string of the molecule is NOC(CO)c1cccc(F)c1. The number of halogens is 1. The van der Waals surface area contributed by atoms with Crippen molar-refractivity contribution in [1.29, 1.82) is 0 Å². The van der Waals surface area contributed by atoms with Crippen LogP contribution in [0.1, 0.15) is 11.7 Å².